The van der Waals surface area contributed by atoms with E-state index in [4.69, 9.17) is 10.5 Å². The van der Waals surface area contributed by atoms with Crippen molar-refractivity contribution >= 4 is 23.8 Å². The van der Waals surface area contributed by atoms with Crippen LogP contribution in [0.15, 0.2) is 24.3 Å². The van der Waals surface area contributed by atoms with Crippen molar-refractivity contribution in [3.63, 3.8) is 0 Å². The fraction of sp³-hybridized carbons (Fsp3) is 0.600. The molecule has 1 rings (SSSR count). The van der Waals surface area contributed by atoms with Crippen molar-refractivity contribution in [3.8, 4) is 5.75 Å². The molecule has 3 atom stereocenters. The number of nitrogens with two attached hydrogens (primary N) is 1. The van der Waals surface area contributed by atoms with Crippen molar-refractivity contribution in [2.45, 2.75) is 84.0 Å². The van der Waals surface area contributed by atoms with E-state index in [2.05, 4.69) is 10.6 Å². The van der Waals surface area contributed by atoms with E-state index >= 15 is 0 Å². The van der Waals surface area contributed by atoms with Gasteiger partial charge in [-0.05, 0) is 58.2 Å². The number of nitrogens with zero attached hydrogens (tertiary/aromatic N) is 1. The Kier molecular flexibility index (Phi) is 12.2. The number of primary amides is 1. The summed E-state index contributed by atoms with van der Waals surface area (Å²) in [6.07, 6.45) is 0.288. The molecule has 1 aromatic rings. The fourth-order valence-corrected chi connectivity index (χ4v) is 3.66. The molecule has 3 unspecified atom stereocenters. The summed E-state index contributed by atoms with van der Waals surface area (Å²) in [6.45, 7) is 8.05. The van der Waals surface area contributed by atoms with Crippen molar-refractivity contribution in [1.29, 1.82) is 0 Å². The maximum absolute atomic E-state index is 13.7. The lowest BCUT2D eigenvalue weighted by Crippen LogP contribution is -2.54. The quantitative estimate of drug-likeness (QED) is 0.270. The zero-order valence-electron chi connectivity index (χ0n) is 21.7. The topological polar surface area (TPSA) is 171 Å². The molecule has 0 aliphatic rings. The summed E-state index contributed by atoms with van der Waals surface area (Å²) in [5.74, 6) is -2.03. The highest BCUT2D eigenvalue weighted by molar-refractivity contribution is 5.92. The summed E-state index contributed by atoms with van der Waals surface area (Å²) in [5, 5.41) is 25.1. The van der Waals surface area contributed by atoms with Crippen LogP contribution in [0, 0.1) is 0 Å². The van der Waals surface area contributed by atoms with Gasteiger partial charge in [-0.1, -0.05) is 25.5 Å². The molecule has 0 bridgehead atoms. The van der Waals surface area contributed by atoms with Crippen LogP contribution in [0.3, 0.4) is 0 Å². The third kappa shape index (κ3) is 10.5. The third-order valence-electron chi connectivity index (χ3n) is 5.15. The van der Waals surface area contributed by atoms with E-state index in [1.807, 2.05) is 13.8 Å². The van der Waals surface area contributed by atoms with Crippen molar-refractivity contribution in [1.82, 2.24) is 15.5 Å². The van der Waals surface area contributed by atoms with Crippen LogP contribution in [0.5, 0.6) is 5.75 Å². The lowest BCUT2D eigenvalue weighted by atomic mass is 10.0. The number of nitrogens with one attached hydrogen (secondary N) is 2. The first kappa shape index (κ1) is 30.7. The molecule has 0 aliphatic heterocycles. The molecule has 0 radical (unpaired) electrons. The molecule has 0 saturated heterocycles. The smallest absolute Gasteiger partial charge is 0.408 e. The summed E-state index contributed by atoms with van der Waals surface area (Å²) in [5.41, 5.74) is 4.74. The van der Waals surface area contributed by atoms with Crippen LogP contribution in [0.2, 0.25) is 0 Å². The molecular formula is C25H40N4O7. The fourth-order valence-electron chi connectivity index (χ4n) is 3.66. The minimum atomic E-state index is -1.26. The van der Waals surface area contributed by atoms with E-state index < -0.39 is 48.1 Å². The van der Waals surface area contributed by atoms with Crippen molar-refractivity contribution < 1.29 is 34.1 Å². The Morgan fingerprint density at radius 1 is 1.14 bits per heavy atom. The average Bonchev–Trinajstić information content (AvgIpc) is 2.74. The third-order valence-corrected chi connectivity index (χ3v) is 5.15. The van der Waals surface area contributed by atoms with Gasteiger partial charge in [-0.2, -0.15) is 0 Å². The van der Waals surface area contributed by atoms with Gasteiger partial charge in [0.25, 0.3) is 0 Å². The van der Waals surface area contributed by atoms with Crippen LogP contribution in [-0.2, 0) is 19.1 Å². The van der Waals surface area contributed by atoms with Gasteiger partial charge in [0.15, 0.2) is 0 Å². The second kappa shape index (κ2) is 14.3. The predicted molar refractivity (Wildman–Crippen MR) is 134 cm³/mol. The normalized spacial score (nSPS) is 13.7. The van der Waals surface area contributed by atoms with E-state index in [0.717, 1.165) is 11.3 Å². The number of carbonyl (C=O) groups excluding carboxylic acids is 4. The van der Waals surface area contributed by atoms with Gasteiger partial charge in [0.2, 0.25) is 17.7 Å². The maximum atomic E-state index is 13.7. The van der Waals surface area contributed by atoms with E-state index in [9.17, 15) is 29.4 Å². The number of benzene rings is 1. The number of hydrogen-bond acceptors (Lipinski definition) is 7. The predicted octanol–water partition coefficient (Wildman–Crippen LogP) is 1.72. The Hall–Kier alpha value is -3.34. The number of phenolic OH excluding ortho intramolecular Hbond substituents is 1. The SMILES string of the molecule is CCCC(C)NC(=O)C(c1cccc(O)c1)N(CCO)C(=O)C(CCC(N)=O)NC(=O)OC(C)(C)C. The Morgan fingerprint density at radius 2 is 1.81 bits per heavy atom. The minimum Gasteiger partial charge on any atom is -0.508 e. The standard InChI is InChI=1S/C25H40N4O7/c1-6-8-16(2)27-22(33)21(17-9-7-10-18(31)15-17)29(13-14-30)23(34)19(11-12-20(26)32)28-24(35)36-25(3,4)5/h7,9-10,15-16,19,21,30-31H,6,8,11-14H2,1-5H3,(H2,26,32)(H,27,33)(H,28,35). The number of carbonyl (C=O) groups is 4. The van der Waals surface area contributed by atoms with Gasteiger partial charge in [-0.3, -0.25) is 14.4 Å². The summed E-state index contributed by atoms with van der Waals surface area (Å²) in [6, 6.07) is 3.20. The number of ether oxygens (including phenoxy) is 1. The lowest BCUT2D eigenvalue weighted by Gasteiger charge is -2.34. The number of aromatic hydroxyl groups is 1. The molecular weight excluding hydrogens is 468 g/mol. The number of amides is 4. The molecule has 0 fully saturated rings. The molecule has 1 aromatic carbocycles. The van der Waals surface area contributed by atoms with Gasteiger partial charge in [0, 0.05) is 19.0 Å². The largest absolute Gasteiger partial charge is 0.508 e. The molecule has 0 aromatic heterocycles. The zero-order valence-corrected chi connectivity index (χ0v) is 21.7. The van der Waals surface area contributed by atoms with Crippen molar-refractivity contribution in [2.24, 2.45) is 5.73 Å². The molecule has 11 nitrogen and oxygen atoms in total. The number of hydrogen-bond donors (Lipinski definition) is 5. The van der Waals surface area contributed by atoms with E-state index in [1.165, 1.54) is 18.2 Å². The van der Waals surface area contributed by atoms with Crippen LogP contribution >= 0.6 is 0 Å². The summed E-state index contributed by atoms with van der Waals surface area (Å²) >= 11 is 0. The van der Waals surface area contributed by atoms with E-state index in [1.54, 1.807) is 26.8 Å². The Balaban J connectivity index is 3.43. The highest BCUT2D eigenvalue weighted by Gasteiger charge is 2.36. The first-order valence-corrected chi connectivity index (χ1v) is 12.1. The number of phenols is 1. The molecule has 0 spiro atoms. The van der Waals surface area contributed by atoms with E-state index in [-0.39, 0.29) is 31.2 Å². The Bertz CT molecular complexity index is 901. The molecule has 4 amide bonds. The van der Waals surface area contributed by atoms with Crippen LogP contribution in [0.1, 0.15) is 71.9 Å². The van der Waals surface area contributed by atoms with Gasteiger partial charge in [0.05, 0.1) is 6.61 Å². The molecule has 202 valence electrons. The van der Waals surface area contributed by atoms with Crippen molar-refractivity contribution in [3.05, 3.63) is 29.8 Å². The first-order valence-electron chi connectivity index (χ1n) is 12.1. The van der Waals surface area contributed by atoms with Gasteiger partial charge in [-0.25, -0.2) is 4.79 Å². The second-order valence-corrected chi connectivity index (χ2v) is 9.65. The average molecular weight is 509 g/mol. The molecule has 0 aliphatic carbocycles. The molecule has 6 N–H and O–H groups in total. The van der Waals surface area contributed by atoms with Crippen LogP contribution < -0.4 is 16.4 Å². The van der Waals surface area contributed by atoms with Gasteiger partial charge in [0.1, 0.15) is 23.4 Å². The van der Waals surface area contributed by atoms with Crippen molar-refractivity contribution in [2.75, 3.05) is 13.2 Å². The summed E-state index contributed by atoms with van der Waals surface area (Å²) in [4.78, 5) is 52.1. The van der Waals surface area contributed by atoms with Gasteiger partial charge in [-0.15, -0.1) is 0 Å². The van der Waals surface area contributed by atoms with E-state index in [0.29, 0.717) is 12.0 Å². The molecule has 11 heteroatoms. The monoisotopic (exact) mass is 508 g/mol. The number of alkyl carbamates (subject to hydrolysis) is 1. The highest BCUT2D eigenvalue weighted by Crippen LogP contribution is 2.26. The van der Waals surface area contributed by atoms with Crippen LogP contribution in [0.25, 0.3) is 0 Å². The van der Waals surface area contributed by atoms with Gasteiger partial charge < -0.3 is 36.2 Å². The molecule has 0 saturated carbocycles. The number of rotatable bonds is 13. The summed E-state index contributed by atoms with van der Waals surface area (Å²) < 4.78 is 5.25. The molecule has 0 heterocycles. The number of aliphatic hydroxyl groups excluding tert-OH is 1. The van der Waals surface area contributed by atoms with Gasteiger partial charge >= 0.3 is 6.09 Å². The second-order valence-electron chi connectivity index (χ2n) is 9.65. The lowest BCUT2D eigenvalue weighted by molar-refractivity contribution is -0.143. The first-order chi connectivity index (χ1) is 16.8. The summed E-state index contributed by atoms with van der Waals surface area (Å²) in [7, 11) is 0. The Labute approximate surface area is 212 Å². The van der Waals surface area contributed by atoms with Crippen LogP contribution in [0.4, 0.5) is 4.79 Å². The molecule has 36 heavy (non-hydrogen) atoms. The Morgan fingerprint density at radius 3 is 2.33 bits per heavy atom. The zero-order chi connectivity index (χ0) is 27.5. The van der Waals surface area contributed by atoms with Crippen LogP contribution in [-0.4, -0.2) is 69.8 Å². The number of aliphatic hydroxyl groups is 1. The highest BCUT2D eigenvalue weighted by atomic mass is 16.6. The maximum Gasteiger partial charge on any atom is 0.408 e. The minimum absolute atomic E-state index is 0.111.